The van der Waals surface area contributed by atoms with Crippen LogP contribution in [0.2, 0.25) is 0 Å². The Labute approximate surface area is 59.7 Å². The molecule has 1 aliphatic rings. The van der Waals surface area contributed by atoms with E-state index >= 15 is 0 Å². The van der Waals surface area contributed by atoms with Gasteiger partial charge in [-0.05, 0) is 6.42 Å². The summed E-state index contributed by atoms with van der Waals surface area (Å²) in [7, 11) is 0. The molecular formula is C6H10O2S. The van der Waals surface area contributed by atoms with E-state index in [9.17, 15) is 4.79 Å². The van der Waals surface area contributed by atoms with Crippen LogP contribution < -0.4 is 0 Å². The highest BCUT2D eigenvalue weighted by molar-refractivity contribution is 7.81. The lowest BCUT2D eigenvalue weighted by atomic mass is 10.1. The Morgan fingerprint density at radius 2 is 2.33 bits per heavy atom. The smallest absolute Gasteiger partial charge is 0.151 e. The van der Waals surface area contributed by atoms with E-state index in [0.717, 1.165) is 0 Å². The molecule has 0 aromatic carbocycles. The van der Waals surface area contributed by atoms with Crippen LogP contribution in [0.4, 0.5) is 0 Å². The molecule has 0 amide bonds. The lowest BCUT2D eigenvalue weighted by molar-refractivity contribution is -0.120. The van der Waals surface area contributed by atoms with Gasteiger partial charge in [-0.3, -0.25) is 4.79 Å². The van der Waals surface area contributed by atoms with Crippen molar-refractivity contribution in [2.45, 2.75) is 24.7 Å². The summed E-state index contributed by atoms with van der Waals surface area (Å²) in [4.78, 5) is 10.9. The van der Waals surface area contributed by atoms with E-state index in [0.29, 0.717) is 6.42 Å². The van der Waals surface area contributed by atoms with Crippen molar-refractivity contribution in [2.75, 3.05) is 0 Å². The number of aliphatic hydroxyl groups is 1. The SMILES string of the molecule is CC1C(=O)C(S)CC1O. The molecule has 0 spiro atoms. The van der Waals surface area contributed by atoms with Crippen molar-refractivity contribution in [3.8, 4) is 0 Å². The molecule has 52 valence electrons. The molecule has 1 N–H and O–H groups in total. The number of carbonyl (C=O) groups is 1. The molecule has 1 saturated carbocycles. The number of hydrogen-bond donors (Lipinski definition) is 2. The van der Waals surface area contributed by atoms with Crippen LogP contribution in [0, 0.1) is 5.92 Å². The third kappa shape index (κ3) is 1.12. The Balaban J connectivity index is 2.65. The number of aliphatic hydroxyl groups excluding tert-OH is 1. The van der Waals surface area contributed by atoms with Crippen LogP contribution in [0.15, 0.2) is 0 Å². The third-order valence-electron chi connectivity index (χ3n) is 1.82. The number of rotatable bonds is 0. The van der Waals surface area contributed by atoms with Gasteiger partial charge in [0.05, 0.1) is 11.4 Å². The molecule has 3 heteroatoms. The van der Waals surface area contributed by atoms with E-state index < -0.39 is 6.10 Å². The van der Waals surface area contributed by atoms with Gasteiger partial charge in [0.1, 0.15) is 0 Å². The van der Waals surface area contributed by atoms with E-state index in [1.807, 2.05) is 0 Å². The van der Waals surface area contributed by atoms with Crippen molar-refractivity contribution in [3.05, 3.63) is 0 Å². The van der Waals surface area contributed by atoms with Gasteiger partial charge in [-0.25, -0.2) is 0 Å². The zero-order valence-electron chi connectivity index (χ0n) is 5.24. The maximum absolute atomic E-state index is 10.9. The highest BCUT2D eigenvalue weighted by Gasteiger charge is 2.35. The molecular weight excluding hydrogens is 136 g/mol. The first kappa shape index (κ1) is 7.09. The van der Waals surface area contributed by atoms with Crippen molar-refractivity contribution in [2.24, 2.45) is 5.92 Å². The standard InChI is InChI=1S/C6H10O2S/c1-3-4(7)2-5(9)6(3)8/h3-5,7,9H,2H2,1H3. The Hall–Kier alpha value is -0.0200. The minimum atomic E-state index is -0.458. The lowest BCUT2D eigenvalue weighted by Crippen LogP contribution is -2.15. The van der Waals surface area contributed by atoms with Crippen LogP contribution >= 0.6 is 12.6 Å². The number of ketones is 1. The Morgan fingerprint density at radius 3 is 2.44 bits per heavy atom. The lowest BCUT2D eigenvalue weighted by Gasteiger charge is -2.02. The van der Waals surface area contributed by atoms with Crippen molar-refractivity contribution in [1.82, 2.24) is 0 Å². The monoisotopic (exact) mass is 146 g/mol. The topological polar surface area (TPSA) is 37.3 Å². The largest absolute Gasteiger partial charge is 0.392 e. The summed E-state index contributed by atoms with van der Waals surface area (Å²) in [6.45, 7) is 1.74. The van der Waals surface area contributed by atoms with E-state index in [-0.39, 0.29) is 17.0 Å². The first-order valence-corrected chi connectivity index (χ1v) is 3.54. The number of carbonyl (C=O) groups excluding carboxylic acids is 1. The van der Waals surface area contributed by atoms with Gasteiger partial charge in [0.25, 0.3) is 0 Å². The molecule has 0 aliphatic heterocycles. The van der Waals surface area contributed by atoms with Gasteiger partial charge in [-0.2, -0.15) is 12.6 Å². The molecule has 1 fully saturated rings. The van der Waals surface area contributed by atoms with Crippen LogP contribution in [0.5, 0.6) is 0 Å². The van der Waals surface area contributed by atoms with Crippen LogP contribution in [0.25, 0.3) is 0 Å². The highest BCUT2D eigenvalue weighted by atomic mass is 32.1. The molecule has 3 unspecified atom stereocenters. The molecule has 1 rings (SSSR count). The van der Waals surface area contributed by atoms with Crippen LogP contribution in [0.1, 0.15) is 13.3 Å². The van der Waals surface area contributed by atoms with Gasteiger partial charge < -0.3 is 5.11 Å². The molecule has 0 aromatic heterocycles. The van der Waals surface area contributed by atoms with E-state index in [2.05, 4.69) is 12.6 Å². The average molecular weight is 146 g/mol. The van der Waals surface area contributed by atoms with E-state index in [1.54, 1.807) is 6.92 Å². The molecule has 0 heterocycles. The second-order valence-electron chi connectivity index (χ2n) is 2.51. The van der Waals surface area contributed by atoms with Crippen molar-refractivity contribution >= 4 is 18.4 Å². The summed E-state index contributed by atoms with van der Waals surface area (Å²) in [6.07, 6.45) is 0.0586. The van der Waals surface area contributed by atoms with Crippen LogP contribution in [-0.4, -0.2) is 22.2 Å². The normalized spacial score (nSPS) is 43.9. The fourth-order valence-corrected chi connectivity index (χ4v) is 1.49. The minimum absolute atomic E-state index is 0.0748. The Bertz CT molecular complexity index is 135. The Kier molecular flexibility index (Phi) is 1.82. The number of hydrogen-bond acceptors (Lipinski definition) is 3. The predicted molar refractivity (Wildman–Crippen MR) is 37.6 cm³/mol. The summed E-state index contributed by atoms with van der Waals surface area (Å²) in [5.74, 6) is -0.127. The average Bonchev–Trinajstić information content (AvgIpc) is 1.98. The van der Waals surface area contributed by atoms with Gasteiger partial charge >= 0.3 is 0 Å². The van der Waals surface area contributed by atoms with Gasteiger partial charge in [-0.1, -0.05) is 6.92 Å². The second kappa shape index (κ2) is 2.31. The van der Waals surface area contributed by atoms with Gasteiger partial charge in [0.15, 0.2) is 5.78 Å². The highest BCUT2D eigenvalue weighted by Crippen LogP contribution is 2.25. The van der Waals surface area contributed by atoms with Gasteiger partial charge in [-0.15, -0.1) is 0 Å². The van der Waals surface area contributed by atoms with Crippen molar-refractivity contribution in [3.63, 3.8) is 0 Å². The van der Waals surface area contributed by atoms with E-state index in [4.69, 9.17) is 5.11 Å². The molecule has 0 bridgehead atoms. The first-order chi connectivity index (χ1) is 4.13. The maximum Gasteiger partial charge on any atom is 0.151 e. The first-order valence-electron chi connectivity index (χ1n) is 3.03. The summed E-state index contributed by atoms with van der Waals surface area (Å²) < 4.78 is 0. The van der Waals surface area contributed by atoms with E-state index in [1.165, 1.54) is 0 Å². The molecule has 3 atom stereocenters. The molecule has 2 nitrogen and oxygen atoms in total. The zero-order chi connectivity index (χ0) is 7.02. The fourth-order valence-electron chi connectivity index (χ4n) is 1.04. The maximum atomic E-state index is 10.9. The molecule has 0 saturated heterocycles. The van der Waals surface area contributed by atoms with Crippen LogP contribution in [0.3, 0.4) is 0 Å². The predicted octanol–water partition coefficient (Wildman–Crippen LogP) is 0.255. The molecule has 1 aliphatic carbocycles. The summed E-state index contributed by atoms with van der Waals surface area (Å²) in [5.41, 5.74) is 0. The number of thiol groups is 1. The quantitative estimate of drug-likeness (QED) is 0.481. The fraction of sp³-hybridized carbons (Fsp3) is 0.833. The summed E-state index contributed by atoms with van der Waals surface area (Å²) >= 11 is 4.00. The third-order valence-corrected chi connectivity index (χ3v) is 2.28. The van der Waals surface area contributed by atoms with Crippen molar-refractivity contribution in [1.29, 1.82) is 0 Å². The zero-order valence-corrected chi connectivity index (χ0v) is 6.14. The van der Waals surface area contributed by atoms with Crippen molar-refractivity contribution < 1.29 is 9.90 Å². The Morgan fingerprint density at radius 1 is 1.78 bits per heavy atom. The second-order valence-corrected chi connectivity index (χ2v) is 3.13. The summed E-state index contributed by atoms with van der Waals surface area (Å²) in [5, 5.41) is 8.84. The molecule has 9 heavy (non-hydrogen) atoms. The minimum Gasteiger partial charge on any atom is -0.392 e. The summed E-state index contributed by atoms with van der Waals surface area (Å²) in [6, 6.07) is 0. The molecule has 0 radical (unpaired) electrons. The van der Waals surface area contributed by atoms with Gasteiger partial charge in [0, 0.05) is 5.92 Å². The molecule has 0 aromatic rings. The van der Waals surface area contributed by atoms with Crippen LogP contribution in [-0.2, 0) is 4.79 Å². The van der Waals surface area contributed by atoms with Gasteiger partial charge in [0.2, 0.25) is 0 Å². The number of Topliss-reactive ketones (excluding diaryl/α,β-unsaturated/α-hetero) is 1.